The van der Waals surface area contributed by atoms with E-state index in [9.17, 15) is 13.2 Å². The van der Waals surface area contributed by atoms with Crippen molar-refractivity contribution in [2.45, 2.75) is 19.5 Å². The van der Waals surface area contributed by atoms with Crippen LogP contribution in [0.1, 0.15) is 17.4 Å². The minimum atomic E-state index is -4.23. The van der Waals surface area contributed by atoms with E-state index in [-0.39, 0.29) is 0 Å². The van der Waals surface area contributed by atoms with Crippen LogP contribution in [0.25, 0.3) is 10.1 Å². The number of aryl methyl sites for hydroxylation is 1. The lowest BCUT2D eigenvalue weighted by Crippen LogP contribution is -2.00. The SMILES string of the molecule is CCc1ccc2cc(C(F)(F)F)sc2c1. The molecule has 15 heavy (non-hydrogen) atoms. The Bertz CT molecular complexity index is 482. The lowest BCUT2D eigenvalue weighted by molar-refractivity contribution is -0.134. The summed E-state index contributed by atoms with van der Waals surface area (Å²) >= 11 is 0.809. The number of hydrogen-bond donors (Lipinski definition) is 0. The van der Waals surface area contributed by atoms with Gasteiger partial charge in [-0.3, -0.25) is 0 Å². The molecule has 0 aliphatic rings. The zero-order valence-electron chi connectivity index (χ0n) is 8.06. The van der Waals surface area contributed by atoms with Crippen molar-refractivity contribution < 1.29 is 13.2 Å². The standard InChI is InChI=1S/C11H9F3S/c1-2-7-3-4-8-6-10(11(12,13)14)15-9(8)5-7/h3-6H,2H2,1H3. The van der Waals surface area contributed by atoms with E-state index in [1.807, 2.05) is 19.1 Å². The van der Waals surface area contributed by atoms with E-state index >= 15 is 0 Å². The molecule has 0 bridgehead atoms. The number of rotatable bonds is 1. The smallest absolute Gasteiger partial charge is 0.165 e. The first-order valence-corrected chi connectivity index (χ1v) is 5.42. The van der Waals surface area contributed by atoms with Gasteiger partial charge in [0, 0.05) is 4.70 Å². The lowest BCUT2D eigenvalue weighted by Gasteiger charge is -1.99. The van der Waals surface area contributed by atoms with Crippen molar-refractivity contribution >= 4 is 21.4 Å². The van der Waals surface area contributed by atoms with Gasteiger partial charge >= 0.3 is 6.18 Å². The average molecular weight is 230 g/mol. The number of fused-ring (bicyclic) bond motifs is 1. The van der Waals surface area contributed by atoms with E-state index in [0.29, 0.717) is 10.1 Å². The lowest BCUT2D eigenvalue weighted by atomic mass is 10.1. The van der Waals surface area contributed by atoms with Gasteiger partial charge in [0.2, 0.25) is 0 Å². The second-order valence-electron chi connectivity index (χ2n) is 3.33. The molecule has 0 amide bonds. The first-order chi connectivity index (χ1) is 7.00. The van der Waals surface area contributed by atoms with Gasteiger partial charge in [0.25, 0.3) is 0 Å². The number of benzene rings is 1. The maximum atomic E-state index is 12.4. The molecule has 2 rings (SSSR count). The third kappa shape index (κ3) is 2.00. The van der Waals surface area contributed by atoms with Gasteiger partial charge in [-0.25, -0.2) is 0 Å². The molecule has 0 aliphatic heterocycles. The second kappa shape index (κ2) is 3.52. The Morgan fingerprint density at radius 3 is 2.53 bits per heavy atom. The van der Waals surface area contributed by atoms with Crippen LogP contribution in [0.3, 0.4) is 0 Å². The zero-order chi connectivity index (χ0) is 11.1. The predicted molar refractivity (Wildman–Crippen MR) is 56.2 cm³/mol. The van der Waals surface area contributed by atoms with Crippen LogP contribution in [0.15, 0.2) is 24.3 Å². The van der Waals surface area contributed by atoms with Crippen LogP contribution in [0, 0.1) is 0 Å². The first-order valence-electron chi connectivity index (χ1n) is 4.60. The molecule has 1 heterocycles. The topological polar surface area (TPSA) is 0 Å². The summed E-state index contributed by atoms with van der Waals surface area (Å²) in [5.41, 5.74) is 1.07. The fourth-order valence-corrected chi connectivity index (χ4v) is 2.43. The van der Waals surface area contributed by atoms with Crippen LogP contribution < -0.4 is 0 Å². The molecular weight excluding hydrogens is 221 g/mol. The van der Waals surface area contributed by atoms with E-state index in [2.05, 4.69) is 0 Å². The Balaban J connectivity index is 2.56. The molecule has 0 nitrogen and oxygen atoms in total. The Morgan fingerprint density at radius 2 is 1.93 bits per heavy atom. The molecule has 0 saturated carbocycles. The van der Waals surface area contributed by atoms with Gasteiger partial charge in [-0.2, -0.15) is 13.2 Å². The molecular formula is C11H9F3S. The van der Waals surface area contributed by atoms with Crippen molar-refractivity contribution in [1.29, 1.82) is 0 Å². The van der Waals surface area contributed by atoms with Crippen molar-refractivity contribution in [2.24, 2.45) is 0 Å². The highest BCUT2D eigenvalue weighted by molar-refractivity contribution is 7.19. The van der Waals surface area contributed by atoms with Crippen molar-refractivity contribution in [2.75, 3.05) is 0 Å². The highest BCUT2D eigenvalue weighted by Crippen LogP contribution is 2.38. The largest absolute Gasteiger partial charge is 0.425 e. The highest BCUT2D eigenvalue weighted by atomic mass is 32.1. The minimum absolute atomic E-state index is 0.522. The number of hydrogen-bond acceptors (Lipinski definition) is 1. The van der Waals surface area contributed by atoms with E-state index < -0.39 is 11.1 Å². The number of halogens is 3. The normalized spacial score (nSPS) is 12.3. The Labute approximate surface area is 89.3 Å². The molecule has 0 aliphatic carbocycles. The Morgan fingerprint density at radius 1 is 1.20 bits per heavy atom. The van der Waals surface area contributed by atoms with Crippen LogP contribution in [-0.4, -0.2) is 0 Å². The highest BCUT2D eigenvalue weighted by Gasteiger charge is 2.32. The van der Waals surface area contributed by atoms with Crippen molar-refractivity contribution in [3.63, 3.8) is 0 Å². The van der Waals surface area contributed by atoms with Crippen LogP contribution in [0.2, 0.25) is 0 Å². The molecule has 80 valence electrons. The van der Waals surface area contributed by atoms with Crippen LogP contribution in [0.5, 0.6) is 0 Å². The van der Waals surface area contributed by atoms with E-state index in [0.717, 1.165) is 23.3 Å². The molecule has 1 aromatic heterocycles. The molecule has 1 aromatic carbocycles. The van der Waals surface area contributed by atoms with Gasteiger partial charge in [0.1, 0.15) is 4.88 Å². The molecule has 0 unspecified atom stereocenters. The summed E-state index contributed by atoms with van der Waals surface area (Å²) < 4.78 is 38.0. The van der Waals surface area contributed by atoms with Crippen LogP contribution >= 0.6 is 11.3 Å². The summed E-state index contributed by atoms with van der Waals surface area (Å²) in [4.78, 5) is -0.522. The predicted octanol–water partition coefficient (Wildman–Crippen LogP) is 4.48. The zero-order valence-corrected chi connectivity index (χ0v) is 8.88. The summed E-state index contributed by atoms with van der Waals surface area (Å²) in [6, 6.07) is 6.66. The van der Waals surface area contributed by atoms with Crippen LogP contribution in [-0.2, 0) is 12.6 Å². The third-order valence-corrected chi connectivity index (χ3v) is 3.41. The van der Waals surface area contributed by atoms with Gasteiger partial charge in [-0.15, -0.1) is 11.3 Å². The summed E-state index contributed by atoms with van der Waals surface area (Å²) in [5.74, 6) is 0. The average Bonchev–Trinajstić information content (AvgIpc) is 2.59. The molecule has 0 N–H and O–H groups in total. The molecule has 2 aromatic rings. The van der Waals surface area contributed by atoms with Gasteiger partial charge in [0.05, 0.1) is 0 Å². The van der Waals surface area contributed by atoms with Crippen molar-refractivity contribution in [1.82, 2.24) is 0 Å². The Hall–Kier alpha value is -1.03. The van der Waals surface area contributed by atoms with E-state index in [1.54, 1.807) is 6.07 Å². The van der Waals surface area contributed by atoms with E-state index in [4.69, 9.17) is 0 Å². The quantitative estimate of drug-likeness (QED) is 0.677. The minimum Gasteiger partial charge on any atom is -0.165 e. The van der Waals surface area contributed by atoms with Gasteiger partial charge in [-0.1, -0.05) is 19.1 Å². The number of alkyl halides is 3. The molecule has 0 radical (unpaired) electrons. The molecule has 0 saturated heterocycles. The van der Waals surface area contributed by atoms with Gasteiger partial charge < -0.3 is 0 Å². The number of thiophene rings is 1. The summed E-state index contributed by atoms with van der Waals surface area (Å²) in [6.45, 7) is 1.99. The van der Waals surface area contributed by atoms with Crippen molar-refractivity contribution in [3.05, 3.63) is 34.7 Å². The molecule has 0 fully saturated rings. The maximum absolute atomic E-state index is 12.4. The van der Waals surface area contributed by atoms with Crippen LogP contribution in [0.4, 0.5) is 13.2 Å². The fourth-order valence-electron chi connectivity index (χ4n) is 1.44. The Kier molecular flexibility index (Phi) is 2.46. The first kappa shape index (κ1) is 10.5. The summed E-state index contributed by atoms with van der Waals surface area (Å²) in [5, 5.41) is 0.671. The van der Waals surface area contributed by atoms with Gasteiger partial charge in [-0.05, 0) is 29.5 Å². The molecule has 0 atom stereocenters. The summed E-state index contributed by atoms with van der Waals surface area (Å²) in [7, 11) is 0. The summed E-state index contributed by atoms with van der Waals surface area (Å²) in [6.07, 6.45) is -3.38. The van der Waals surface area contributed by atoms with Gasteiger partial charge in [0.15, 0.2) is 0 Å². The molecule has 4 heteroatoms. The fraction of sp³-hybridized carbons (Fsp3) is 0.273. The molecule has 0 spiro atoms. The van der Waals surface area contributed by atoms with E-state index in [1.165, 1.54) is 6.07 Å². The maximum Gasteiger partial charge on any atom is 0.425 e. The third-order valence-electron chi connectivity index (χ3n) is 2.27. The second-order valence-corrected chi connectivity index (χ2v) is 4.42. The monoisotopic (exact) mass is 230 g/mol. The van der Waals surface area contributed by atoms with Crippen molar-refractivity contribution in [3.8, 4) is 0 Å².